The highest BCUT2D eigenvalue weighted by atomic mass is 16.5. The Labute approximate surface area is 126 Å². The number of hydrogen-bond acceptors (Lipinski definition) is 2. The molecule has 3 rings (SSSR count). The van der Waals surface area contributed by atoms with Crippen molar-refractivity contribution in [3.63, 3.8) is 0 Å². The van der Waals surface area contributed by atoms with Crippen LogP contribution < -0.4 is 0 Å². The summed E-state index contributed by atoms with van der Waals surface area (Å²) in [5, 5.41) is 10.5. The summed E-state index contributed by atoms with van der Waals surface area (Å²) in [6, 6.07) is 16.4. The molecule has 1 unspecified atom stereocenters. The van der Waals surface area contributed by atoms with Crippen molar-refractivity contribution in [2.75, 3.05) is 7.11 Å². The van der Waals surface area contributed by atoms with E-state index in [-0.39, 0.29) is 0 Å². The molecular formula is C19H22O2. The molecule has 1 saturated carbocycles. The quantitative estimate of drug-likeness (QED) is 0.891. The Kier molecular flexibility index (Phi) is 4.37. The fourth-order valence-corrected chi connectivity index (χ4v) is 2.85. The third kappa shape index (κ3) is 3.17. The normalized spacial score (nSPS) is 16.5. The van der Waals surface area contributed by atoms with Gasteiger partial charge in [0.2, 0.25) is 0 Å². The lowest BCUT2D eigenvalue weighted by molar-refractivity contribution is 0.184. The van der Waals surface area contributed by atoms with Crippen molar-refractivity contribution < 1.29 is 9.84 Å². The van der Waals surface area contributed by atoms with Gasteiger partial charge in [0.05, 0.1) is 6.61 Å². The number of ether oxygens (including phenoxy) is 1. The molecule has 2 aromatic carbocycles. The van der Waals surface area contributed by atoms with Crippen molar-refractivity contribution in [3.8, 4) is 0 Å². The first kappa shape index (κ1) is 14.3. The van der Waals surface area contributed by atoms with Crippen LogP contribution in [0, 0.1) is 0 Å². The predicted molar refractivity (Wildman–Crippen MR) is 84.3 cm³/mol. The number of hydrogen-bond donors (Lipinski definition) is 1. The molecule has 0 saturated heterocycles. The molecule has 0 radical (unpaired) electrons. The van der Waals surface area contributed by atoms with E-state index in [1.807, 2.05) is 24.3 Å². The summed E-state index contributed by atoms with van der Waals surface area (Å²) in [6.45, 7) is 0.604. The zero-order valence-electron chi connectivity index (χ0n) is 12.5. The maximum atomic E-state index is 10.5. The van der Waals surface area contributed by atoms with E-state index in [9.17, 15) is 5.11 Å². The van der Waals surface area contributed by atoms with Gasteiger partial charge in [-0.15, -0.1) is 0 Å². The van der Waals surface area contributed by atoms with E-state index in [0.29, 0.717) is 6.61 Å². The molecule has 110 valence electrons. The van der Waals surface area contributed by atoms with Crippen LogP contribution in [0.3, 0.4) is 0 Å². The van der Waals surface area contributed by atoms with Crippen LogP contribution in [-0.2, 0) is 11.3 Å². The van der Waals surface area contributed by atoms with Gasteiger partial charge < -0.3 is 9.84 Å². The van der Waals surface area contributed by atoms with Crippen molar-refractivity contribution in [1.29, 1.82) is 0 Å². The zero-order chi connectivity index (χ0) is 14.7. The summed E-state index contributed by atoms with van der Waals surface area (Å²) in [7, 11) is 1.69. The average molecular weight is 282 g/mol. The number of benzene rings is 2. The van der Waals surface area contributed by atoms with Crippen molar-refractivity contribution in [1.82, 2.24) is 0 Å². The lowest BCUT2D eigenvalue weighted by Crippen LogP contribution is -2.09. The van der Waals surface area contributed by atoms with E-state index in [2.05, 4.69) is 24.3 Å². The molecule has 1 aliphatic rings. The van der Waals surface area contributed by atoms with Crippen LogP contribution in [0.4, 0.5) is 0 Å². The van der Waals surface area contributed by atoms with Gasteiger partial charge in [0.15, 0.2) is 0 Å². The van der Waals surface area contributed by atoms with Gasteiger partial charge in [0.25, 0.3) is 0 Å². The Morgan fingerprint density at radius 3 is 2.05 bits per heavy atom. The summed E-state index contributed by atoms with van der Waals surface area (Å²) < 4.78 is 5.10. The second-order valence-electron chi connectivity index (χ2n) is 5.87. The summed E-state index contributed by atoms with van der Waals surface area (Å²) in [5.41, 5.74) is 4.41. The lowest BCUT2D eigenvalue weighted by Gasteiger charge is -2.26. The van der Waals surface area contributed by atoms with Gasteiger partial charge in [-0.2, -0.15) is 0 Å². The fourth-order valence-electron chi connectivity index (χ4n) is 2.85. The Bertz CT molecular complexity index is 568. The van der Waals surface area contributed by atoms with Gasteiger partial charge >= 0.3 is 0 Å². The summed E-state index contributed by atoms with van der Waals surface area (Å²) in [4.78, 5) is 0. The molecule has 2 heteroatoms. The molecule has 0 bridgehead atoms. The highest BCUT2D eigenvalue weighted by molar-refractivity contribution is 5.34. The molecule has 0 spiro atoms. The first-order chi connectivity index (χ1) is 10.3. The molecule has 0 heterocycles. The van der Waals surface area contributed by atoms with E-state index in [4.69, 9.17) is 4.74 Å². The van der Waals surface area contributed by atoms with E-state index in [1.54, 1.807) is 7.11 Å². The molecule has 2 nitrogen and oxygen atoms in total. The fraction of sp³-hybridized carbons (Fsp3) is 0.368. The summed E-state index contributed by atoms with van der Waals surface area (Å²) in [5.74, 6) is 0.740. The minimum Gasteiger partial charge on any atom is -0.384 e. The predicted octanol–water partition coefficient (Wildman–Crippen LogP) is 4.18. The van der Waals surface area contributed by atoms with Crippen LogP contribution in [-0.4, -0.2) is 12.2 Å². The second kappa shape index (κ2) is 6.42. The van der Waals surface area contributed by atoms with Crippen molar-refractivity contribution in [2.24, 2.45) is 0 Å². The first-order valence-corrected chi connectivity index (χ1v) is 7.63. The van der Waals surface area contributed by atoms with Crippen molar-refractivity contribution in [3.05, 3.63) is 70.8 Å². The molecule has 1 atom stereocenters. The molecule has 0 amide bonds. The number of rotatable bonds is 5. The van der Waals surface area contributed by atoms with Crippen LogP contribution in [0.1, 0.15) is 53.5 Å². The van der Waals surface area contributed by atoms with Crippen LogP contribution in [0.25, 0.3) is 0 Å². The zero-order valence-corrected chi connectivity index (χ0v) is 12.5. The molecule has 0 aromatic heterocycles. The standard InChI is InChI=1S/C19H22O2/c1-21-13-14-5-7-17(8-6-14)19(20)18-11-9-16(10-12-18)15-3-2-4-15/h5-12,15,19-20H,2-4,13H2,1H3. The van der Waals surface area contributed by atoms with Crippen LogP contribution >= 0.6 is 0 Å². The Hall–Kier alpha value is -1.64. The van der Waals surface area contributed by atoms with E-state index in [1.165, 1.54) is 24.8 Å². The molecule has 21 heavy (non-hydrogen) atoms. The number of aliphatic hydroxyl groups is 1. The number of methoxy groups -OCH3 is 1. The lowest BCUT2D eigenvalue weighted by atomic mass is 9.80. The Morgan fingerprint density at radius 1 is 1.00 bits per heavy atom. The molecule has 1 fully saturated rings. The second-order valence-corrected chi connectivity index (χ2v) is 5.87. The third-order valence-electron chi connectivity index (χ3n) is 4.44. The van der Waals surface area contributed by atoms with Crippen molar-refractivity contribution in [2.45, 2.75) is 37.9 Å². The highest BCUT2D eigenvalue weighted by Crippen LogP contribution is 2.36. The maximum absolute atomic E-state index is 10.5. The molecule has 2 aromatic rings. The van der Waals surface area contributed by atoms with Gasteiger partial charge in [-0.05, 0) is 41.0 Å². The van der Waals surface area contributed by atoms with Crippen LogP contribution in [0.5, 0.6) is 0 Å². The summed E-state index contributed by atoms with van der Waals surface area (Å²) >= 11 is 0. The average Bonchev–Trinajstić information content (AvgIpc) is 2.47. The van der Waals surface area contributed by atoms with Gasteiger partial charge in [-0.3, -0.25) is 0 Å². The number of aliphatic hydroxyl groups excluding tert-OH is 1. The first-order valence-electron chi connectivity index (χ1n) is 7.63. The maximum Gasteiger partial charge on any atom is 0.104 e. The smallest absolute Gasteiger partial charge is 0.104 e. The van der Waals surface area contributed by atoms with E-state index >= 15 is 0 Å². The monoisotopic (exact) mass is 282 g/mol. The summed E-state index contributed by atoms with van der Waals surface area (Å²) in [6.07, 6.45) is 3.41. The molecular weight excluding hydrogens is 260 g/mol. The molecule has 0 aliphatic heterocycles. The van der Waals surface area contributed by atoms with Crippen LogP contribution in [0.15, 0.2) is 48.5 Å². The Balaban J connectivity index is 1.72. The SMILES string of the molecule is COCc1ccc(C(O)c2ccc(C3CCC3)cc2)cc1. The minimum absolute atomic E-state index is 0.558. The van der Waals surface area contributed by atoms with Crippen molar-refractivity contribution >= 4 is 0 Å². The Morgan fingerprint density at radius 2 is 1.57 bits per heavy atom. The molecule has 1 N–H and O–H groups in total. The largest absolute Gasteiger partial charge is 0.384 e. The highest BCUT2D eigenvalue weighted by Gasteiger charge is 2.19. The van der Waals surface area contributed by atoms with Crippen LogP contribution in [0.2, 0.25) is 0 Å². The minimum atomic E-state index is -0.558. The topological polar surface area (TPSA) is 29.5 Å². The van der Waals surface area contributed by atoms with Gasteiger partial charge in [-0.1, -0.05) is 55.0 Å². The third-order valence-corrected chi connectivity index (χ3v) is 4.44. The molecule has 1 aliphatic carbocycles. The van der Waals surface area contributed by atoms with Gasteiger partial charge in [0.1, 0.15) is 6.10 Å². The van der Waals surface area contributed by atoms with E-state index in [0.717, 1.165) is 22.6 Å². The van der Waals surface area contributed by atoms with E-state index < -0.39 is 6.10 Å². The van der Waals surface area contributed by atoms with Gasteiger partial charge in [-0.25, -0.2) is 0 Å². The van der Waals surface area contributed by atoms with Gasteiger partial charge in [0, 0.05) is 7.11 Å².